The molecule has 0 bridgehead atoms. The van der Waals surface area contributed by atoms with Crippen LogP contribution in [0, 0.1) is 11.8 Å². The van der Waals surface area contributed by atoms with Gasteiger partial charge in [0.15, 0.2) is 0 Å². The number of likely N-dealkylation sites (tertiary alicyclic amines) is 2. The molecule has 0 spiro atoms. The van der Waals surface area contributed by atoms with Gasteiger partial charge >= 0.3 is 0 Å². The van der Waals surface area contributed by atoms with Crippen LogP contribution < -0.4 is 21.3 Å². The average molecular weight is 995 g/mol. The van der Waals surface area contributed by atoms with Crippen LogP contribution in [0.1, 0.15) is 116 Å². The molecule has 8 rings (SSSR count). The van der Waals surface area contributed by atoms with E-state index >= 15 is 0 Å². The molecule has 14 heteroatoms. The van der Waals surface area contributed by atoms with E-state index in [1.54, 1.807) is 21.0 Å². The summed E-state index contributed by atoms with van der Waals surface area (Å²) >= 11 is 0. The smallest absolute Gasteiger partial charge is 0.253 e. The molecule has 390 valence electrons. The van der Waals surface area contributed by atoms with Crippen LogP contribution in [-0.4, -0.2) is 145 Å². The SMILES string of the molecule is CNCC(=O)NC(C(=O)N1CCC[C@H]1CN(CCc1ccccc1)C(=O)c1ccc2cc(C(=O)N(CCc3ccccc3)CC3CCCN3C(=O)C(NC(=O)[C@H](C)NC)C3CCCC3)ccc2c1)C1CCCC1. The highest BCUT2D eigenvalue weighted by Gasteiger charge is 2.42. The van der Waals surface area contributed by atoms with Crippen LogP contribution in [0.5, 0.6) is 0 Å². The minimum Gasteiger partial charge on any atom is -0.343 e. The number of nitrogens with one attached hydrogen (secondary N) is 4. The third kappa shape index (κ3) is 13.5. The summed E-state index contributed by atoms with van der Waals surface area (Å²) in [5.74, 6) is -0.542. The first kappa shape index (κ1) is 53.2. The summed E-state index contributed by atoms with van der Waals surface area (Å²) in [4.78, 5) is 92.2. The molecule has 4 N–H and O–H groups in total. The van der Waals surface area contributed by atoms with Crippen molar-refractivity contribution in [2.45, 2.75) is 127 Å². The summed E-state index contributed by atoms with van der Waals surface area (Å²) in [7, 11) is 3.47. The Kier molecular flexibility index (Phi) is 18.7. The van der Waals surface area contributed by atoms with E-state index in [0.29, 0.717) is 63.2 Å². The van der Waals surface area contributed by atoms with Crippen LogP contribution in [0.15, 0.2) is 97.1 Å². The van der Waals surface area contributed by atoms with Crippen LogP contribution >= 0.6 is 0 Å². The molecule has 4 aromatic carbocycles. The maximum Gasteiger partial charge on any atom is 0.253 e. The maximum atomic E-state index is 14.8. The molecule has 2 aliphatic heterocycles. The Morgan fingerprint density at radius 3 is 1.42 bits per heavy atom. The third-order valence-electron chi connectivity index (χ3n) is 16.2. The van der Waals surface area contributed by atoms with Crippen molar-refractivity contribution in [2.24, 2.45) is 11.8 Å². The number of fused-ring (bicyclic) bond motifs is 1. The van der Waals surface area contributed by atoms with E-state index in [-0.39, 0.29) is 65.9 Å². The van der Waals surface area contributed by atoms with Gasteiger partial charge in [0.2, 0.25) is 23.6 Å². The molecular formula is C59H78N8O6. The molecule has 4 aromatic rings. The Morgan fingerprint density at radius 2 is 1.00 bits per heavy atom. The van der Waals surface area contributed by atoms with Crippen molar-refractivity contribution in [3.8, 4) is 0 Å². The molecule has 3 unspecified atom stereocenters. The quantitative estimate of drug-likeness (QED) is 0.0707. The van der Waals surface area contributed by atoms with E-state index in [1.807, 2.05) is 92.4 Å². The molecule has 14 nitrogen and oxygen atoms in total. The van der Waals surface area contributed by atoms with Gasteiger partial charge in [0.1, 0.15) is 12.1 Å². The first-order valence-corrected chi connectivity index (χ1v) is 27.2. The molecule has 5 atom stereocenters. The van der Waals surface area contributed by atoms with Crippen LogP contribution in [0.2, 0.25) is 0 Å². The van der Waals surface area contributed by atoms with Crippen LogP contribution in [0.25, 0.3) is 10.8 Å². The van der Waals surface area contributed by atoms with E-state index < -0.39 is 18.1 Å². The minimum atomic E-state index is -0.599. The van der Waals surface area contributed by atoms with Gasteiger partial charge in [-0.25, -0.2) is 0 Å². The van der Waals surface area contributed by atoms with Gasteiger partial charge in [-0.05, 0) is 143 Å². The summed E-state index contributed by atoms with van der Waals surface area (Å²) in [6.45, 7) is 4.78. The van der Waals surface area contributed by atoms with Crippen LogP contribution in [0.4, 0.5) is 0 Å². The van der Waals surface area contributed by atoms with Gasteiger partial charge in [-0.1, -0.05) is 98.5 Å². The first-order valence-electron chi connectivity index (χ1n) is 27.2. The monoisotopic (exact) mass is 995 g/mol. The van der Waals surface area contributed by atoms with E-state index in [2.05, 4.69) is 45.5 Å². The number of amides is 6. The van der Waals surface area contributed by atoms with Crippen molar-refractivity contribution in [1.82, 2.24) is 40.9 Å². The molecule has 2 aliphatic carbocycles. The summed E-state index contributed by atoms with van der Waals surface area (Å²) < 4.78 is 0. The largest absolute Gasteiger partial charge is 0.343 e. The molecule has 6 amide bonds. The van der Waals surface area contributed by atoms with Gasteiger partial charge in [-0.2, -0.15) is 0 Å². The van der Waals surface area contributed by atoms with Crippen LogP contribution in [0.3, 0.4) is 0 Å². The van der Waals surface area contributed by atoms with E-state index in [1.165, 1.54) is 0 Å². The van der Waals surface area contributed by atoms with Crippen LogP contribution in [-0.2, 0) is 32.0 Å². The normalized spacial score (nSPS) is 19.4. The molecule has 0 radical (unpaired) electrons. The van der Waals surface area contributed by atoms with E-state index in [0.717, 1.165) is 98.9 Å². The van der Waals surface area contributed by atoms with Gasteiger partial charge < -0.3 is 40.9 Å². The van der Waals surface area contributed by atoms with Crippen molar-refractivity contribution in [1.29, 1.82) is 0 Å². The molecule has 2 saturated carbocycles. The van der Waals surface area contributed by atoms with Crippen molar-refractivity contribution in [3.63, 3.8) is 0 Å². The Bertz CT molecular complexity index is 2510. The number of likely N-dealkylation sites (N-methyl/N-ethyl adjacent to an activating group) is 2. The number of nitrogens with zero attached hydrogens (tertiary/aromatic N) is 4. The number of carbonyl (C=O) groups excluding carboxylic acids is 6. The van der Waals surface area contributed by atoms with Gasteiger partial charge in [0.05, 0.1) is 12.6 Å². The van der Waals surface area contributed by atoms with E-state index in [4.69, 9.17) is 0 Å². The van der Waals surface area contributed by atoms with Gasteiger partial charge in [-0.15, -0.1) is 0 Å². The standard InChI is InChI=1S/C59H78N8O6/c1-41(61-3)55(69)63-54(45-22-12-13-23-45)59(73)67-33-15-25-51(67)40-65(35-31-43-18-8-5-9-19-43)57(71)49-29-27-46-36-48(28-26-47(46)37-49)56(70)64(34-30-42-16-6-4-7-17-42)39-50-24-14-32-66(50)58(72)53(44-20-10-11-21-44)62-52(68)38-60-2/h4-9,16-19,26-29,36-37,41,44-45,50-51,53-54,60-61H,10-15,20-25,30-35,38-40H2,1-3H3,(H,62,68)(H,63,69)/t41-,50-,51?,53?,54?/m0/s1. The van der Waals surface area contributed by atoms with Gasteiger partial charge in [0.25, 0.3) is 11.8 Å². The fourth-order valence-electron chi connectivity index (χ4n) is 11.9. The Morgan fingerprint density at radius 1 is 0.562 bits per heavy atom. The summed E-state index contributed by atoms with van der Waals surface area (Å²) in [6.07, 6.45) is 12.3. The Balaban J connectivity index is 1.01. The lowest BCUT2D eigenvalue weighted by Gasteiger charge is -2.35. The number of hydrogen-bond donors (Lipinski definition) is 4. The highest BCUT2D eigenvalue weighted by atomic mass is 16.2. The van der Waals surface area contributed by atoms with Crippen molar-refractivity contribution >= 4 is 46.2 Å². The highest BCUT2D eigenvalue weighted by Crippen LogP contribution is 2.33. The number of hydrogen-bond acceptors (Lipinski definition) is 8. The second-order valence-corrected chi connectivity index (χ2v) is 21.1. The maximum absolute atomic E-state index is 14.8. The zero-order valence-electron chi connectivity index (χ0n) is 43.4. The van der Waals surface area contributed by atoms with E-state index in [9.17, 15) is 28.8 Å². The average Bonchev–Trinajstić information content (AvgIpc) is 4.29. The predicted molar refractivity (Wildman–Crippen MR) is 286 cm³/mol. The molecule has 2 saturated heterocycles. The van der Waals surface area contributed by atoms with Gasteiger partial charge in [0, 0.05) is 62.5 Å². The first-order chi connectivity index (χ1) is 35.5. The lowest BCUT2D eigenvalue weighted by molar-refractivity contribution is -0.139. The highest BCUT2D eigenvalue weighted by molar-refractivity contribution is 6.02. The van der Waals surface area contributed by atoms with Crippen molar-refractivity contribution in [3.05, 3.63) is 119 Å². The summed E-state index contributed by atoms with van der Waals surface area (Å²) in [5.41, 5.74) is 3.29. The predicted octanol–water partition coefficient (Wildman–Crippen LogP) is 6.37. The molecular weight excluding hydrogens is 917 g/mol. The second kappa shape index (κ2) is 25.7. The molecule has 4 aliphatic rings. The Hall–Kier alpha value is -6.12. The molecule has 2 heterocycles. The van der Waals surface area contributed by atoms with Crippen molar-refractivity contribution < 1.29 is 28.8 Å². The lowest BCUT2D eigenvalue weighted by Crippen LogP contribution is -2.57. The number of carbonyl (C=O) groups is 6. The van der Waals surface area contributed by atoms with Crippen molar-refractivity contribution in [2.75, 3.05) is 59.9 Å². The summed E-state index contributed by atoms with van der Waals surface area (Å²) in [5, 5.41) is 13.8. The molecule has 0 aromatic heterocycles. The zero-order valence-corrected chi connectivity index (χ0v) is 43.4. The lowest BCUT2D eigenvalue weighted by atomic mass is 9.96. The Labute approximate surface area is 432 Å². The third-order valence-corrected chi connectivity index (χ3v) is 16.2. The molecule has 73 heavy (non-hydrogen) atoms. The minimum absolute atomic E-state index is 0.0496. The summed E-state index contributed by atoms with van der Waals surface area (Å²) in [6, 6.07) is 29.6. The fraction of sp³-hybridized carbons (Fsp3) is 0.525. The molecule has 4 fully saturated rings. The zero-order chi connectivity index (χ0) is 51.3. The topological polar surface area (TPSA) is 163 Å². The van der Waals surface area contributed by atoms with Gasteiger partial charge in [-0.3, -0.25) is 28.8 Å². The number of benzene rings is 4. The second-order valence-electron chi connectivity index (χ2n) is 21.1. The fourth-order valence-corrected chi connectivity index (χ4v) is 11.9. The number of rotatable bonds is 22.